The first-order valence-electron chi connectivity index (χ1n) is 9.15. The van der Waals surface area contributed by atoms with Gasteiger partial charge < -0.3 is 0 Å². The lowest BCUT2D eigenvalue weighted by Crippen LogP contribution is -2.32. The average Bonchev–Trinajstić information content (AvgIpc) is 2.72. The molecule has 0 heterocycles. The van der Waals surface area contributed by atoms with Crippen LogP contribution in [0.4, 0.5) is 0 Å². The van der Waals surface area contributed by atoms with Crippen molar-refractivity contribution in [1.82, 2.24) is 4.31 Å². The Balaban J connectivity index is 1.90. The molecule has 29 heavy (non-hydrogen) atoms. The molecular weight excluding hydrogens is 406 g/mol. The Kier molecular flexibility index (Phi) is 6.52. The van der Waals surface area contributed by atoms with E-state index in [4.69, 9.17) is 0 Å². The van der Waals surface area contributed by atoms with E-state index in [9.17, 15) is 16.8 Å². The fourth-order valence-electron chi connectivity index (χ4n) is 2.98. The van der Waals surface area contributed by atoms with Crippen molar-refractivity contribution in [3.8, 4) is 0 Å². The fourth-order valence-corrected chi connectivity index (χ4v) is 5.04. The summed E-state index contributed by atoms with van der Waals surface area (Å²) in [5.74, 6) is 0. The largest absolute Gasteiger partial charge is 0.243 e. The summed E-state index contributed by atoms with van der Waals surface area (Å²) in [5, 5.41) is 0. The topological polar surface area (TPSA) is 71.5 Å². The van der Waals surface area contributed by atoms with Gasteiger partial charge in [-0.25, -0.2) is 16.8 Å². The Hall–Kier alpha value is -2.48. The standard InChI is InChI=1S/C22H23NO4S2/c1-28(24,25)21-12-14-22(15-13-21)29(26,27)23(18-20-10-6-3-7-11-20)17-16-19-8-4-2-5-9-19/h2-15H,16-18H2,1H3. The van der Waals surface area contributed by atoms with E-state index in [0.29, 0.717) is 13.0 Å². The predicted octanol–water partition coefficient (Wildman–Crippen LogP) is 3.52. The molecule has 152 valence electrons. The summed E-state index contributed by atoms with van der Waals surface area (Å²) in [7, 11) is -7.18. The maximum absolute atomic E-state index is 13.3. The Bertz CT molecular complexity index is 1140. The van der Waals surface area contributed by atoms with Crippen LogP contribution in [0.3, 0.4) is 0 Å². The van der Waals surface area contributed by atoms with Gasteiger partial charge in [0.25, 0.3) is 0 Å². The number of hydrogen-bond acceptors (Lipinski definition) is 4. The average molecular weight is 430 g/mol. The molecule has 3 aromatic rings. The summed E-state index contributed by atoms with van der Waals surface area (Å²) >= 11 is 0. The van der Waals surface area contributed by atoms with Crippen molar-refractivity contribution in [3.05, 3.63) is 96.1 Å². The Labute approximate surface area is 172 Å². The number of sulfone groups is 1. The zero-order valence-corrected chi connectivity index (χ0v) is 17.7. The van der Waals surface area contributed by atoms with E-state index in [0.717, 1.165) is 17.4 Å². The Morgan fingerprint density at radius 2 is 1.14 bits per heavy atom. The summed E-state index contributed by atoms with van der Waals surface area (Å²) in [6.07, 6.45) is 1.67. The smallest absolute Gasteiger partial charge is 0.224 e. The zero-order valence-electron chi connectivity index (χ0n) is 16.1. The molecule has 3 aromatic carbocycles. The lowest BCUT2D eigenvalue weighted by Gasteiger charge is -2.22. The second-order valence-corrected chi connectivity index (χ2v) is 10.8. The van der Waals surface area contributed by atoms with Gasteiger partial charge in [-0.15, -0.1) is 0 Å². The molecule has 7 heteroatoms. The van der Waals surface area contributed by atoms with Crippen LogP contribution in [-0.2, 0) is 32.8 Å². The molecule has 0 N–H and O–H groups in total. The second kappa shape index (κ2) is 8.90. The minimum absolute atomic E-state index is 0.0777. The van der Waals surface area contributed by atoms with Crippen molar-refractivity contribution in [2.24, 2.45) is 0 Å². The molecule has 5 nitrogen and oxygen atoms in total. The van der Waals surface area contributed by atoms with Crippen LogP contribution in [0.25, 0.3) is 0 Å². The molecule has 0 bridgehead atoms. The van der Waals surface area contributed by atoms with E-state index in [1.807, 2.05) is 60.7 Å². The van der Waals surface area contributed by atoms with Gasteiger partial charge in [-0.1, -0.05) is 60.7 Å². The maximum atomic E-state index is 13.3. The monoisotopic (exact) mass is 429 g/mol. The van der Waals surface area contributed by atoms with E-state index in [1.165, 1.54) is 28.6 Å². The molecule has 0 radical (unpaired) electrons. The molecular formula is C22H23NO4S2. The van der Waals surface area contributed by atoms with Gasteiger partial charge in [0.15, 0.2) is 9.84 Å². The van der Waals surface area contributed by atoms with Crippen LogP contribution in [0, 0.1) is 0 Å². The maximum Gasteiger partial charge on any atom is 0.243 e. The molecule has 0 spiro atoms. The van der Waals surface area contributed by atoms with Crippen molar-refractivity contribution < 1.29 is 16.8 Å². The first-order valence-corrected chi connectivity index (χ1v) is 12.5. The lowest BCUT2D eigenvalue weighted by atomic mass is 10.1. The minimum Gasteiger partial charge on any atom is -0.224 e. The number of sulfonamides is 1. The predicted molar refractivity (Wildman–Crippen MR) is 114 cm³/mol. The molecule has 0 fully saturated rings. The van der Waals surface area contributed by atoms with Gasteiger partial charge in [0.05, 0.1) is 9.79 Å². The quantitative estimate of drug-likeness (QED) is 0.549. The van der Waals surface area contributed by atoms with Crippen molar-refractivity contribution in [2.45, 2.75) is 22.8 Å². The van der Waals surface area contributed by atoms with E-state index in [-0.39, 0.29) is 16.3 Å². The van der Waals surface area contributed by atoms with Crippen LogP contribution in [0.15, 0.2) is 94.7 Å². The van der Waals surface area contributed by atoms with Crippen molar-refractivity contribution in [2.75, 3.05) is 12.8 Å². The van der Waals surface area contributed by atoms with Crippen molar-refractivity contribution >= 4 is 19.9 Å². The third-order valence-electron chi connectivity index (χ3n) is 4.58. The zero-order chi connectivity index (χ0) is 20.9. The van der Waals surface area contributed by atoms with E-state index in [2.05, 4.69) is 0 Å². The third-order valence-corrected chi connectivity index (χ3v) is 7.57. The molecule has 0 aliphatic rings. The van der Waals surface area contributed by atoms with Crippen molar-refractivity contribution in [3.63, 3.8) is 0 Å². The van der Waals surface area contributed by atoms with Gasteiger partial charge in [0, 0.05) is 19.3 Å². The van der Waals surface area contributed by atoms with E-state index >= 15 is 0 Å². The number of nitrogens with zero attached hydrogens (tertiary/aromatic N) is 1. The highest BCUT2D eigenvalue weighted by molar-refractivity contribution is 7.90. The number of hydrogen-bond donors (Lipinski definition) is 0. The highest BCUT2D eigenvalue weighted by atomic mass is 32.2. The molecule has 0 saturated carbocycles. The highest BCUT2D eigenvalue weighted by Crippen LogP contribution is 2.21. The van der Waals surface area contributed by atoms with Crippen LogP contribution in [-0.4, -0.2) is 33.9 Å². The SMILES string of the molecule is CS(=O)(=O)c1ccc(S(=O)(=O)N(CCc2ccccc2)Cc2ccccc2)cc1. The first-order chi connectivity index (χ1) is 13.8. The van der Waals surface area contributed by atoms with Crippen LogP contribution in [0.1, 0.15) is 11.1 Å². The van der Waals surface area contributed by atoms with Gasteiger partial charge >= 0.3 is 0 Å². The second-order valence-electron chi connectivity index (χ2n) is 6.80. The molecule has 0 amide bonds. The summed E-state index contributed by atoms with van der Waals surface area (Å²) in [6.45, 7) is 0.554. The third kappa shape index (κ3) is 5.53. The molecule has 0 aliphatic carbocycles. The normalized spacial score (nSPS) is 12.2. The number of rotatable bonds is 8. The van der Waals surface area contributed by atoms with Crippen LogP contribution in [0.5, 0.6) is 0 Å². The van der Waals surface area contributed by atoms with Gasteiger partial charge in [0.1, 0.15) is 0 Å². The van der Waals surface area contributed by atoms with Gasteiger partial charge in [-0.05, 0) is 41.8 Å². The van der Waals surface area contributed by atoms with Gasteiger partial charge in [0.2, 0.25) is 10.0 Å². The molecule has 0 aliphatic heterocycles. The summed E-state index contributed by atoms with van der Waals surface area (Å²) < 4.78 is 51.4. The molecule has 0 saturated heterocycles. The molecule has 0 atom stereocenters. The molecule has 0 unspecified atom stereocenters. The Morgan fingerprint density at radius 3 is 1.66 bits per heavy atom. The summed E-state index contributed by atoms with van der Waals surface area (Å²) in [6, 6.07) is 24.5. The lowest BCUT2D eigenvalue weighted by molar-refractivity contribution is 0.409. The molecule has 0 aromatic heterocycles. The summed E-state index contributed by atoms with van der Waals surface area (Å²) in [5.41, 5.74) is 1.94. The van der Waals surface area contributed by atoms with Crippen LogP contribution < -0.4 is 0 Å². The number of benzene rings is 3. The van der Waals surface area contributed by atoms with Crippen LogP contribution >= 0.6 is 0 Å². The van der Waals surface area contributed by atoms with Crippen LogP contribution in [0.2, 0.25) is 0 Å². The minimum atomic E-state index is -3.79. The highest BCUT2D eigenvalue weighted by Gasteiger charge is 2.25. The van der Waals surface area contributed by atoms with E-state index in [1.54, 1.807) is 0 Å². The summed E-state index contributed by atoms with van der Waals surface area (Å²) in [4.78, 5) is 0.171. The van der Waals surface area contributed by atoms with Crippen molar-refractivity contribution in [1.29, 1.82) is 0 Å². The fraction of sp³-hybridized carbons (Fsp3) is 0.182. The first kappa shape index (κ1) is 21.2. The van der Waals surface area contributed by atoms with Gasteiger partial charge in [-0.2, -0.15) is 4.31 Å². The van der Waals surface area contributed by atoms with E-state index < -0.39 is 19.9 Å². The molecule has 3 rings (SSSR count). The van der Waals surface area contributed by atoms with Gasteiger partial charge in [-0.3, -0.25) is 0 Å². The Morgan fingerprint density at radius 1 is 0.655 bits per heavy atom.